The number of unbranched alkanes of at least 4 members (excludes halogenated alkanes) is 2. The van der Waals surface area contributed by atoms with Crippen LogP contribution in [0.25, 0.3) is 10.9 Å². The summed E-state index contributed by atoms with van der Waals surface area (Å²) in [6.07, 6.45) is 3.89. The maximum atomic E-state index is 12.1. The number of benzene rings is 1. The molecule has 0 spiro atoms. The molecule has 1 aromatic carbocycles. The van der Waals surface area contributed by atoms with Gasteiger partial charge in [0.05, 0.1) is 6.42 Å². The van der Waals surface area contributed by atoms with Gasteiger partial charge in [-0.15, -0.1) is 0 Å². The Labute approximate surface area is 121 Å². The van der Waals surface area contributed by atoms with Crippen LogP contribution in [0.2, 0.25) is 0 Å². The zero-order valence-corrected chi connectivity index (χ0v) is 12.7. The van der Waals surface area contributed by atoms with E-state index in [9.17, 15) is 4.79 Å². The number of nitrogens with one attached hydrogen (secondary N) is 1. The van der Waals surface area contributed by atoms with Crippen LogP contribution in [0.4, 0.5) is 0 Å². The molecule has 2 aromatic rings. The van der Waals surface area contributed by atoms with Gasteiger partial charge in [-0.25, -0.2) is 0 Å². The molecule has 108 valence electrons. The number of para-hydroxylation sites is 1. The van der Waals surface area contributed by atoms with Crippen molar-refractivity contribution in [2.24, 2.45) is 7.05 Å². The fourth-order valence-corrected chi connectivity index (χ4v) is 2.65. The van der Waals surface area contributed by atoms with Gasteiger partial charge >= 0.3 is 0 Å². The highest BCUT2D eigenvalue weighted by molar-refractivity contribution is 5.90. The first kappa shape index (κ1) is 14.6. The number of hydrogen-bond donors (Lipinski definition) is 1. The standard InChI is InChI=1S/C17H24N2O/c1-4-5-8-11-18-17(20)12-15-13(2)19(3)16-10-7-6-9-14(15)16/h6-7,9-10H,4-5,8,11-12H2,1-3H3,(H,18,20). The lowest BCUT2D eigenvalue weighted by Crippen LogP contribution is -2.26. The Kier molecular flexibility index (Phi) is 4.83. The van der Waals surface area contributed by atoms with E-state index in [1.54, 1.807) is 0 Å². The number of carbonyl (C=O) groups is 1. The van der Waals surface area contributed by atoms with Gasteiger partial charge < -0.3 is 9.88 Å². The molecule has 0 atom stereocenters. The zero-order chi connectivity index (χ0) is 14.5. The molecule has 3 heteroatoms. The van der Waals surface area contributed by atoms with Gasteiger partial charge in [0.1, 0.15) is 0 Å². The van der Waals surface area contributed by atoms with Gasteiger partial charge in [-0.05, 0) is 25.0 Å². The maximum Gasteiger partial charge on any atom is 0.224 e. The number of aryl methyl sites for hydroxylation is 1. The van der Waals surface area contributed by atoms with Gasteiger partial charge in [0, 0.05) is 30.2 Å². The number of aromatic nitrogens is 1. The predicted molar refractivity (Wildman–Crippen MR) is 83.9 cm³/mol. The molecule has 0 aliphatic heterocycles. The van der Waals surface area contributed by atoms with E-state index in [0.717, 1.165) is 18.5 Å². The van der Waals surface area contributed by atoms with E-state index in [2.05, 4.69) is 42.9 Å². The Bertz CT molecular complexity index is 598. The number of rotatable bonds is 6. The average molecular weight is 272 g/mol. The summed E-state index contributed by atoms with van der Waals surface area (Å²) in [6, 6.07) is 8.27. The third-order valence-electron chi connectivity index (χ3n) is 3.97. The minimum atomic E-state index is 0.126. The molecular weight excluding hydrogens is 248 g/mol. The van der Waals surface area contributed by atoms with Gasteiger partial charge in [0.2, 0.25) is 5.91 Å². The van der Waals surface area contributed by atoms with E-state index in [1.807, 2.05) is 12.1 Å². The SMILES string of the molecule is CCCCCNC(=O)Cc1c(C)n(C)c2ccccc12. The fraction of sp³-hybridized carbons (Fsp3) is 0.471. The average Bonchev–Trinajstić information content (AvgIpc) is 2.69. The molecule has 1 amide bonds. The first-order chi connectivity index (χ1) is 9.65. The minimum absolute atomic E-state index is 0.126. The van der Waals surface area contributed by atoms with Crippen molar-refractivity contribution < 1.29 is 4.79 Å². The van der Waals surface area contributed by atoms with Crippen molar-refractivity contribution in [2.45, 2.75) is 39.5 Å². The molecule has 0 aliphatic carbocycles. The molecule has 0 radical (unpaired) electrons. The number of fused-ring (bicyclic) bond motifs is 1. The number of hydrogen-bond acceptors (Lipinski definition) is 1. The summed E-state index contributed by atoms with van der Waals surface area (Å²) in [4.78, 5) is 12.1. The van der Waals surface area contributed by atoms with Crippen molar-refractivity contribution in [1.82, 2.24) is 9.88 Å². The molecule has 0 aliphatic rings. The molecule has 0 bridgehead atoms. The zero-order valence-electron chi connectivity index (χ0n) is 12.7. The summed E-state index contributed by atoms with van der Waals surface area (Å²) in [5, 5.41) is 4.21. The van der Waals surface area contributed by atoms with Crippen LogP contribution in [0, 0.1) is 6.92 Å². The summed E-state index contributed by atoms with van der Waals surface area (Å²) in [6.45, 7) is 5.04. The number of amides is 1. The first-order valence-electron chi connectivity index (χ1n) is 7.44. The molecule has 0 saturated carbocycles. The summed E-state index contributed by atoms with van der Waals surface area (Å²) < 4.78 is 2.16. The molecule has 1 heterocycles. The van der Waals surface area contributed by atoms with Crippen molar-refractivity contribution in [2.75, 3.05) is 6.54 Å². The van der Waals surface area contributed by atoms with Crippen LogP contribution >= 0.6 is 0 Å². The van der Waals surface area contributed by atoms with Crippen molar-refractivity contribution >= 4 is 16.8 Å². The number of nitrogens with zero attached hydrogens (tertiary/aromatic N) is 1. The van der Waals surface area contributed by atoms with Gasteiger partial charge in [-0.2, -0.15) is 0 Å². The van der Waals surface area contributed by atoms with E-state index < -0.39 is 0 Å². The van der Waals surface area contributed by atoms with E-state index in [-0.39, 0.29) is 5.91 Å². The van der Waals surface area contributed by atoms with Crippen LogP contribution in [-0.4, -0.2) is 17.0 Å². The molecule has 0 unspecified atom stereocenters. The summed E-state index contributed by atoms with van der Waals surface area (Å²) >= 11 is 0. The topological polar surface area (TPSA) is 34.0 Å². The molecule has 0 fully saturated rings. The predicted octanol–water partition coefficient (Wildman–Crippen LogP) is 3.34. The molecule has 1 aromatic heterocycles. The Morgan fingerprint density at radius 3 is 2.75 bits per heavy atom. The first-order valence-corrected chi connectivity index (χ1v) is 7.44. The van der Waals surface area contributed by atoms with Crippen LogP contribution in [0.3, 0.4) is 0 Å². The lowest BCUT2D eigenvalue weighted by atomic mass is 10.1. The van der Waals surface area contributed by atoms with Gasteiger partial charge in [-0.3, -0.25) is 4.79 Å². The highest BCUT2D eigenvalue weighted by Gasteiger charge is 2.14. The Morgan fingerprint density at radius 2 is 2.00 bits per heavy atom. The molecule has 0 saturated heterocycles. The monoisotopic (exact) mass is 272 g/mol. The lowest BCUT2D eigenvalue weighted by molar-refractivity contribution is -0.120. The van der Waals surface area contributed by atoms with Gasteiger partial charge in [0.15, 0.2) is 0 Å². The largest absolute Gasteiger partial charge is 0.356 e. The maximum absolute atomic E-state index is 12.1. The quantitative estimate of drug-likeness (QED) is 0.804. The lowest BCUT2D eigenvalue weighted by Gasteiger charge is -2.05. The third-order valence-corrected chi connectivity index (χ3v) is 3.97. The second-order valence-electron chi connectivity index (χ2n) is 5.37. The summed E-state index contributed by atoms with van der Waals surface area (Å²) in [5.74, 6) is 0.126. The van der Waals surface area contributed by atoms with Crippen molar-refractivity contribution in [3.8, 4) is 0 Å². The third kappa shape index (κ3) is 3.03. The molecule has 1 N–H and O–H groups in total. The molecule has 20 heavy (non-hydrogen) atoms. The Hall–Kier alpha value is -1.77. The van der Waals surface area contributed by atoms with Crippen molar-refractivity contribution in [1.29, 1.82) is 0 Å². The highest BCUT2D eigenvalue weighted by atomic mass is 16.1. The Balaban J connectivity index is 2.09. The minimum Gasteiger partial charge on any atom is -0.356 e. The van der Waals surface area contributed by atoms with E-state index >= 15 is 0 Å². The van der Waals surface area contributed by atoms with Crippen molar-refractivity contribution in [3.63, 3.8) is 0 Å². The van der Waals surface area contributed by atoms with Crippen LogP contribution in [-0.2, 0) is 18.3 Å². The summed E-state index contributed by atoms with van der Waals surface area (Å²) in [5.41, 5.74) is 3.52. The van der Waals surface area contributed by atoms with Crippen LogP contribution < -0.4 is 5.32 Å². The molecule has 2 rings (SSSR count). The molecule has 3 nitrogen and oxygen atoms in total. The second-order valence-corrected chi connectivity index (χ2v) is 5.37. The second kappa shape index (κ2) is 6.60. The Morgan fingerprint density at radius 1 is 1.25 bits per heavy atom. The highest BCUT2D eigenvalue weighted by Crippen LogP contribution is 2.24. The van der Waals surface area contributed by atoms with E-state index in [4.69, 9.17) is 0 Å². The van der Waals surface area contributed by atoms with Gasteiger partial charge in [-0.1, -0.05) is 38.0 Å². The summed E-state index contributed by atoms with van der Waals surface area (Å²) in [7, 11) is 2.06. The molecular formula is C17H24N2O. The van der Waals surface area contributed by atoms with Crippen LogP contribution in [0.5, 0.6) is 0 Å². The van der Waals surface area contributed by atoms with E-state index in [0.29, 0.717) is 6.42 Å². The number of carbonyl (C=O) groups excluding carboxylic acids is 1. The smallest absolute Gasteiger partial charge is 0.224 e. The van der Waals surface area contributed by atoms with E-state index in [1.165, 1.54) is 29.4 Å². The van der Waals surface area contributed by atoms with Gasteiger partial charge in [0.25, 0.3) is 0 Å². The fourth-order valence-electron chi connectivity index (χ4n) is 2.65. The van der Waals surface area contributed by atoms with Crippen molar-refractivity contribution in [3.05, 3.63) is 35.5 Å². The van der Waals surface area contributed by atoms with Crippen LogP contribution in [0.1, 0.15) is 37.4 Å². The van der Waals surface area contributed by atoms with Crippen LogP contribution in [0.15, 0.2) is 24.3 Å². The normalized spacial score (nSPS) is 10.9.